The van der Waals surface area contributed by atoms with Crippen molar-refractivity contribution in [1.82, 2.24) is 14.5 Å². The molecular formula is C15H14FN3O. The first-order valence-electron chi connectivity index (χ1n) is 6.39. The molecule has 0 aliphatic carbocycles. The van der Waals surface area contributed by atoms with E-state index >= 15 is 0 Å². The number of pyridine rings is 1. The van der Waals surface area contributed by atoms with E-state index in [0.29, 0.717) is 11.4 Å². The predicted molar refractivity (Wildman–Crippen MR) is 75.0 cm³/mol. The summed E-state index contributed by atoms with van der Waals surface area (Å²) in [6.45, 7) is 4.03. The highest BCUT2D eigenvalue weighted by molar-refractivity contribution is 5.81. The van der Waals surface area contributed by atoms with E-state index in [0.717, 1.165) is 11.0 Å². The topological polar surface area (TPSA) is 50.9 Å². The molecule has 0 aliphatic rings. The standard InChI is InChI=1S/C15H14FN3O/c1-9(2)19-13-5-6-17-8-12(13)18-15(19)11-7-10(16)3-4-14(11)20/h3-9,20H,1-2H3. The molecule has 0 saturated carbocycles. The first kappa shape index (κ1) is 12.6. The zero-order chi connectivity index (χ0) is 14.3. The van der Waals surface area contributed by atoms with Crippen molar-refractivity contribution in [2.24, 2.45) is 0 Å². The Labute approximate surface area is 115 Å². The second-order valence-corrected chi connectivity index (χ2v) is 4.93. The van der Waals surface area contributed by atoms with E-state index in [4.69, 9.17) is 0 Å². The van der Waals surface area contributed by atoms with E-state index in [1.807, 2.05) is 24.5 Å². The molecule has 3 aromatic rings. The fourth-order valence-corrected chi connectivity index (χ4v) is 2.35. The predicted octanol–water partition coefficient (Wildman–Crippen LogP) is 3.52. The maximum Gasteiger partial charge on any atom is 0.145 e. The summed E-state index contributed by atoms with van der Waals surface area (Å²) in [5.41, 5.74) is 2.02. The molecule has 0 fully saturated rings. The molecule has 0 bridgehead atoms. The number of aromatic nitrogens is 3. The molecule has 0 amide bonds. The van der Waals surface area contributed by atoms with Crippen LogP contribution in [0, 0.1) is 5.82 Å². The van der Waals surface area contributed by atoms with Crippen LogP contribution >= 0.6 is 0 Å². The lowest BCUT2D eigenvalue weighted by Crippen LogP contribution is -2.03. The minimum absolute atomic E-state index is 0.0107. The Morgan fingerprint density at radius 1 is 1.25 bits per heavy atom. The highest BCUT2D eigenvalue weighted by Crippen LogP contribution is 2.33. The molecule has 1 N–H and O–H groups in total. The smallest absolute Gasteiger partial charge is 0.145 e. The van der Waals surface area contributed by atoms with Crippen molar-refractivity contribution in [3.63, 3.8) is 0 Å². The maximum absolute atomic E-state index is 13.5. The Kier molecular flexibility index (Phi) is 2.89. The molecule has 0 aliphatic heterocycles. The van der Waals surface area contributed by atoms with Crippen molar-refractivity contribution in [2.45, 2.75) is 19.9 Å². The van der Waals surface area contributed by atoms with Crippen LogP contribution in [0.2, 0.25) is 0 Å². The lowest BCUT2D eigenvalue weighted by Gasteiger charge is -2.13. The molecule has 0 saturated heterocycles. The van der Waals surface area contributed by atoms with E-state index in [1.54, 1.807) is 12.4 Å². The number of nitrogens with zero attached hydrogens (tertiary/aromatic N) is 3. The molecule has 20 heavy (non-hydrogen) atoms. The molecule has 2 heterocycles. The molecule has 4 nitrogen and oxygen atoms in total. The third-order valence-electron chi connectivity index (χ3n) is 3.21. The molecule has 5 heteroatoms. The van der Waals surface area contributed by atoms with Crippen LogP contribution in [0.4, 0.5) is 4.39 Å². The molecule has 0 spiro atoms. The first-order chi connectivity index (χ1) is 9.58. The van der Waals surface area contributed by atoms with Gasteiger partial charge in [0.2, 0.25) is 0 Å². The summed E-state index contributed by atoms with van der Waals surface area (Å²) in [6, 6.07) is 5.85. The normalized spacial score (nSPS) is 11.4. The molecule has 3 rings (SSSR count). The molecule has 102 valence electrons. The van der Waals surface area contributed by atoms with E-state index in [9.17, 15) is 9.50 Å². The van der Waals surface area contributed by atoms with Gasteiger partial charge in [0.1, 0.15) is 22.9 Å². The highest BCUT2D eigenvalue weighted by atomic mass is 19.1. The van der Waals surface area contributed by atoms with Gasteiger partial charge in [0.15, 0.2) is 0 Å². The zero-order valence-corrected chi connectivity index (χ0v) is 11.2. The van der Waals surface area contributed by atoms with Crippen LogP contribution in [-0.4, -0.2) is 19.6 Å². The summed E-state index contributed by atoms with van der Waals surface area (Å²) in [5.74, 6) is 0.148. The molecule has 0 unspecified atom stereocenters. The number of imidazole rings is 1. The van der Waals surface area contributed by atoms with E-state index in [-0.39, 0.29) is 11.8 Å². The summed E-state index contributed by atoms with van der Waals surface area (Å²) >= 11 is 0. The maximum atomic E-state index is 13.5. The Morgan fingerprint density at radius 3 is 2.80 bits per heavy atom. The number of phenolic OH excluding ortho intramolecular Hbond substituents is 1. The molecule has 0 atom stereocenters. The number of benzene rings is 1. The van der Waals surface area contributed by atoms with Gasteiger partial charge in [0.25, 0.3) is 0 Å². The average Bonchev–Trinajstić information content (AvgIpc) is 2.80. The minimum Gasteiger partial charge on any atom is -0.507 e. The Morgan fingerprint density at radius 2 is 2.05 bits per heavy atom. The summed E-state index contributed by atoms with van der Waals surface area (Å²) in [5, 5.41) is 9.98. The fraction of sp³-hybridized carbons (Fsp3) is 0.200. The second kappa shape index (κ2) is 4.59. The highest BCUT2D eigenvalue weighted by Gasteiger charge is 2.17. The van der Waals surface area contributed by atoms with Crippen molar-refractivity contribution in [3.8, 4) is 17.1 Å². The fourth-order valence-electron chi connectivity index (χ4n) is 2.35. The average molecular weight is 271 g/mol. The van der Waals surface area contributed by atoms with Crippen LogP contribution in [0.15, 0.2) is 36.7 Å². The van der Waals surface area contributed by atoms with Crippen LogP contribution in [0.5, 0.6) is 5.75 Å². The van der Waals surface area contributed by atoms with Crippen LogP contribution in [0.25, 0.3) is 22.4 Å². The van der Waals surface area contributed by atoms with E-state index < -0.39 is 5.82 Å². The SMILES string of the molecule is CC(C)n1c(-c2cc(F)ccc2O)nc2cnccc21. The van der Waals surface area contributed by atoms with Crippen molar-refractivity contribution < 1.29 is 9.50 Å². The van der Waals surface area contributed by atoms with Crippen LogP contribution in [0.3, 0.4) is 0 Å². The first-order valence-corrected chi connectivity index (χ1v) is 6.39. The third kappa shape index (κ3) is 1.91. The largest absolute Gasteiger partial charge is 0.507 e. The molecule has 1 aromatic carbocycles. The molecular weight excluding hydrogens is 257 g/mol. The molecule has 2 aromatic heterocycles. The van der Waals surface area contributed by atoms with Gasteiger partial charge in [-0.15, -0.1) is 0 Å². The molecule has 0 radical (unpaired) electrons. The van der Waals surface area contributed by atoms with Crippen molar-refractivity contribution >= 4 is 11.0 Å². The Balaban J connectivity index is 2.35. The Hall–Kier alpha value is -2.43. The van der Waals surface area contributed by atoms with Gasteiger partial charge in [0.05, 0.1) is 17.3 Å². The number of fused-ring (bicyclic) bond motifs is 1. The van der Waals surface area contributed by atoms with E-state index in [1.165, 1.54) is 18.2 Å². The van der Waals surface area contributed by atoms with Crippen molar-refractivity contribution in [1.29, 1.82) is 0 Å². The van der Waals surface area contributed by atoms with Gasteiger partial charge in [0, 0.05) is 12.2 Å². The van der Waals surface area contributed by atoms with E-state index in [2.05, 4.69) is 9.97 Å². The van der Waals surface area contributed by atoms with Crippen molar-refractivity contribution in [3.05, 3.63) is 42.5 Å². The van der Waals surface area contributed by atoms with Gasteiger partial charge in [-0.25, -0.2) is 9.37 Å². The summed E-state index contributed by atoms with van der Waals surface area (Å²) < 4.78 is 15.4. The second-order valence-electron chi connectivity index (χ2n) is 4.93. The van der Waals surface area contributed by atoms with Gasteiger partial charge >= 0.3 is 0 Å². The van der Waals surface area contributed by atoms with Gasteiger partial charge in [-0.1, -0.05) is 0 Å². The Bertz CT molecular complexity index is 780. The van der Waals surface area contributed by atoms with Crippen LogP contribution in [0.1, 0.15) is 19.9 Å². The number of halogens is 1. The zero-order valence-electron chi connectivity index (χ0n) is 11.2. The monoisotopic (exact) mass is 271 g/mol. The number of hydrogen-bond acceptors (Lipinski definition) is 3. The lowest BCUT2D eigenvalue weighted by molar-refractivity contribution is 0.474. The number of aromatic hydroxyl groups is 1. The van der Waals surface area contributed by atoms with Gasteiger partial charge in [-0.2, -0.15) is 0 Å². The van der Waals surface area contributed by atoms with Crippen LogP contribution in [-0.2, 0) is 0 Å². The van der Waals surface area contributed by atoms with Gasteiger partial charge in [-0.3, -0.25) is 4.98 Å². The third-order valence-corrected chi connectivity index (χ3v) is 3.21. The van der Waals surface area contributed by atoms with Gasteiger partial charge in [-0.05, 0) is 38.1 Å². The summed E-state index contributed by atoms with van der Waals surface area (Å²) in [4.78, 5) is 8.53. The summed E-state index contributed by atoms with van der Waals surface area (Å²) in [7, 11) is 0. The summed E-state index contributed by atoms with van der Waals surface area (Å²) in [6.07, 6.45) is 3.35. The lowest BCUT2D eigenvalue weighted by atomic mass is 10.1. The quantitative estimate of drug-likeness (QED) is 0.775. The number of hydrogen-bond donors (Lipinski definition) is 1. The number of phenols is 1. The van der Waals surface area contributed by atoms with Gasteiger partial charge < -0.3 is 9.67 Å². The number of rotatable bonds is 2. The van der Waals surface area contributed by atoms with Crippen molar-refractivity contribution in [2.75, 3.05) is 0 Å². The van der Waals surface area contributed by atoms with Crippen LogP contribution < -0.4 is 0 Å². The minimum atomic E-state index is -0.404.